The van der Waals surface area contributed by atoms with Crippen LogP contribution in [0.4, 0.5) is 0 Å². The van der Waals surface area contributed by atoms with Gasteiger partial charge in [-0.25, -0.2) is 0 Å². The Balaban J connectivity index is 2.15. The van der Waals surface area contributed by atoms with Crippen molar-refractivity contribution in [2.24, 2.45) is 23.5 Å². The Bertz CT molecular complexity index is 249. The molecule has 0 aliphatic heterocycles. The van der Waals surface area contributed by atoms with Crippen molar-refractivity contribution >= 4 is 11.7 Å². The number of rotatable bonds is 1. The van der Waals surface area contributed by atoms with Crippen LogP contribution in [-0.4, -0.2) is 11.7 Å². The van der Waals surface area contributed by atoms with Crippen LogP contribution in [-0.2, 0) is 9.59 Å². The fourth-order valence-corrected chi connectivity index (χ4v) is 2.75. The van der Waals surface area contributed by atoms with Gasteiger partial charge in [-0.3, -0.25) is 9.59 Å². The van der Waals surface area contributed by atoms with Crippen molar-refractivity contribution in [3.05, 3.63) is 0 Å². The van der Waals surface area contributed by atoms with E-state index >= 15 is 0 Å². The van der Waals surface area contributed by atoms with E-state index in [9.17, 15) is 9.59 Å². The van der Waals surface area contributed by atoms with Crippen molar-refractivity contribution in [3.8, 4) is 0 Å². The molecular formula is C10H15NO2. The van der Waals surface area contributed by atoms with Crippen LogP contribution in [0.3, 0.4) is 0 Å². The van der Waals surface area contributed by atoms with Gasteiger partial charge in [-0.15, -0.1) is 0 Å². The molecule has 1 amide bonds. The van der Waals surface area contributed by atoms with Crippen LogP contribution in [0.15, 0.2) is 0 Å². The van der Waals surface area contributed by atoms with Crippen LogP contribution in [0.1, 0.15) is 32.1 Å². The second-order valence-electron chi connectivity index (χ2n) is 4.32. The van der Waals surface area contributed by atoms with Crippen molar-refractivity contribution in [3.63, 3.8) is 0 Å². The molecule has 2 bridgehead atoms. The summed E-state index contributed by atoms with van der Waals surface area (Å²) in [5, 5.41) is 0. The molecule has 2 aliphatic carbocycles. The third-order valence-corrected chi connectivity index (χ3v) is 3.44. The summed E-state index contributed by atoms with van der Waals surface area (Å²) in [5.74, 6) is -0.0481. The molecule has 0 saturated heterocycles. The maximum absolute atomic E-state index is 11.7. The predicted octanol–water partition coefficient (Wildman–Crippen LogP) is 0.867. The highest BCUT2D eigenvalue weighted by Crippen LogP contribution is 2.40. The topological polar surface area (TPSA) is 60.2 Å². The van der Waals surface area contributed by atoms with E-state index in [0.717, 1.165) is 19.3 Å². The average Bonchev–Trinajstić information content (AvgIpc) is 2.12. The van der Waals surface area contributed by atoms with Gasteiger partial charge in [-0.05, 0) is 25.2 Å². The Kier molecular flexibility index (Phi) is 2.10. The van der Waals surface area contributed by atoms with Crippen molar-refractivity contribution in [2.45, 2.75) is 32.1 Å². The highest BCUT2D eigenvalue weighted by atomic mass is 16.2. The number of amides is 1. The van der Waals surface area contributed by atoms with Gasteiger partial charge in [0.2, 0.25) is 5.91 Å². The van der Waals surface area contributed by atoms with Crippen molar-refractivity contribution in [1.29, 1.82) is 0 Å². The molecule has 0 heterocycles. The Morgan fingerprint density at radius 1 is 1.31 bits per heavy atom. The first-order valence-corrected chi connectivity index (χ1v) is 5.01. The number of ketones is 1. The molecule has 2 N–H and O–H groups in total. The molecule has 2 fully saturated rings. The summed E-state index contributed by atoms with van der Waals surface area (Å²) in [6.07, 6.45) is 5.01. The molecule has 3 heteroatoms. The van der Waals surface area contributed by atoms with Gasteiger partial charge in [0.25, 0.3) is 0 Å². The van der Waals surface area contributed by atoms with E-state index in [-0.39, 0.29) is 11.7 Å². The number of primary amides is 1. The lowest BCUT2D eigenvalue weighted by atomic mass is 9.67. The maximum Gasteiger partial charge on any atom is 0.228 e. The minimum absolute atomic E-state index is 0.114. The zero-order valence-corrected chi connectivity index (χ0v) is 7.66. The number of carbonyl (C=O) groups is 2. The molecule has 0 aromatic carbocycles. The lowest BCUT2D eigenvalue weighted by Gasteiger charge is -2.36. The van der Waals surface area contributed by atoms with Gasteiger partial charge in [0.05, 0.1) is 5.92 Å². The summed E-state index contributed by atoms with van der Waals surface area (Å²) in [7, 11) is 0. The molecule has 0 spiro atoms. The quantitative estimate of drug-likeness (QED) is 0.610. The molecule has 2 aliphatic rings. The summed E-state index contributed by atoms with van der Waals surface area (Å²) >= 11 is 0. The van der Waals surface area contributed by atoms with E-state index in [4.69, 9.17) is 5.73 Å². The van der Waals surface area contributed by atoms with E-state index < -0.39 is 11.8 Å². The normalized spacial score (nSPS) is 38.8. The van der Waals surface area contributed by atoms with Gasteiger partial charge in [0.1, 0.15) is 5.78 Å². The van der Waals surface area contributed by atoms with Gasteiger partial charge in [0.15, 0.2) is 0 Å². The summed E-state index contributed by atoms with van der Waals surface area (Å²) in [5.41, 5.74) is 5.20. The minimum Gasteiger partial charge on any atom is -0.369 e. The van der Waals surface area contributed by atoms with Crippen LogP contribution in [0.2, 0.25) is 0 Å². The summed E-state index contributed by atoms with van der Waals surface area (Å²) in [4.78, 5) is 22.7. The molecule has 0 aromatic heterocycles. The molecule has 72 valence electrons. The molecule has 3 atom stereocenters. The number of fused-ring (bicyclic) bond motifs is 2. The highest BCUT2D eigenvalue weighted by Gasteiger charge is 2.40. The standard InChI is InChI=1S/C10H15NO2/c11-10(13)8-5-6-2-1-3-7(4-6)9(8)12/h6-8H,1-5H2,(H2,11,13). The Hall–Kier alpha value is -0.860. The number of nitrogens with two attached hydrogens (primary N) is 1. The first kappa shape index (κ1) is 8.73. The number of Topliss-reactive ketones (excluding diaryl/α,β-unsaturated/α-hetero) is 1. The number of hydrogen-bond acceptors (Lipinski definition) is 2. The van der Waals surface area contributed by atoms with Gasteiger partial charge in [-0.2, -0.15) is 0 Å². The first-order valence-electron chi connectivity index (χ1n) is 5.01. The van der Waals surface area contributed by atoms with Crippen molar-refractivity contribution in [2.75, 3.05) is 0 Å². The number of hydrogen-bond donors (Lipinski definition) is 1. The fourth-order valence-electron chi connectivity index (χ4n) is 2.75. The summed E-state index contributed by atoms with van der Waals surface area (Å²) < 4.78 is 0. The molecule has 0 radical (unpaired) electrons. The second kappa shape index (κ2) is 3.13. The van der Waals surface area contributed by atoms with Crippen LogP contribution in [0, 0.1) is 17.8 Å². The van der Waals surface area contributed by atoms with Gasteiger partial charge >= 0.3 is 0 Å². The zero-order chi connectivity index (χ0) is 9.42. The zero-order valence-electron chi connectivity index (χ0n) is 7.66. The number of carbonyl (C=O) groups excluding carboxylic acids is 2. The summed E-state index contributed by atoms with van der Waals surface area (Å²) in [6.45, 7) is 0. The van der Waals surface area contributed by atoms with Gasteiger partial charge < -0.3 is 5.73 Å². The van der Waals surface area contributed by atoms with Crippen LogP contribution < -0.4 is 5.73 Å². The third kappa shape index (κ3) is 1.47. The monoisotopic (exact) mass is 181 g/mol. The molecule has 3 unspecified atom stereocenters. The Morgan fingerprint density at radius 3 is 2.77 bits per heavy atom. The summed E-state index contributed by atoms with van der Waals surface area (Å²) in [6, 6.07) is 0. The highest BCUT2D eigenvalue weighted by molar-refractivity contribution is 6.02. The molecular weight excluding hydrogens is 166 g/mol. The SMILES string of the molecule is NC(=O)C1CC2CCCC(C2)C1=O. The van der Waals surface area contributed by atoms with Crippen molar-refractivity contribution in [1.82, 2.24) is 0 Å². The maximum atomic E-state index is 11.7. The van der Waals surface area contributed by atoms with E-state index in [1.54, 1.807) is 0 Å². The van der Waals surface area contributed by atoms with Crippen molar-refractivity contribution < 1.29 is 9.59 Å². The molecule has 2 rings (SSSR count). The fraction of sp³-hybridized carbons (Fsp3) is 0.800. The van der Waals surface area contributed by atoms with E-state index in [0.29, 0.717) is 12.3 Å². The molecule has 0 aromatic rings. The Morgan fingerprint density at radius 2 is 2.08 bits per heavy atom. The van der Waals surface area contributed by atoms with E-state index in [1.165, 1.54) is 6.42 Å². The second-order valence-corrected chi connectivity index (χ2v) is 4.32. The largest absolute Gasteiger partial charge is 0.369 e. The first-order chi connectivity index (χ1) is 6.18. The molecule has 3 nitrogen and oxygen atoms in total. The van der Waals surface area contributed by atoms with E-state index in [2.05, 4.69) is 0 Å². The van der Waals surface area contributed by atoms with Crippen LogP contribution in [0.5, 0.6) is 0 Å². The lowest BCUT2D eigenvalue weighted by Crippen LogP contribution is -2.42. The molecule has 13 heavy (non-hydrogen) atoms. The van der Waals surface area contributed by atoms with Crippen LogP contribution in [0.25, 0.3) is 0 Å². The van der Waals surface area contributed by atoms with Crippen LogP contribution >= 0.6 is 0 Å². The average molecular weight is 181 g/mol. The van der Waals surface area contributed by atoms with E-state index in [1.807, 2.05) is 0 Å². The third-order valence-electron chi connectivity index (χ3n) is 3.44. The van der Waals surface area contributed by atoms with Gasteiger partial charge in [0, 0.05) is 5.92 Å². The predicted molar refractivity (Wildman–Crippen MR) is 47.8 cm³/mol. The molecule has 2 saturated carbocycles. The minimum atomic E-state index is -0.468. The van der Waals surface area contributed by atoms with Gasteiger partial charge in [-0.1, -0.05) is 12.8 Å². The Labute approximate surface area is 77.7 Å². The smallest absolute Gasteiger partial charge is 0.228 e. The lowest BCUT2D eigenvalue weighted by molar-refractivity contribution is -0.139.